The van der Waals surface area contributed by atoms with Crippen LogP contribution in [0.4, 0.5) is 10.1 Å². The maximum Gasteiger partial charge on any atom is 0.158 e. The molecule has 1 N–H and O–H groups in total. The highest BCUT2D eigenvalue weighted by Crippen LogP contribution is 2.34. The minimum Gasteiger partial charge on any atom is -0.508 e. The third-order valence-corrected chi connectivity index (χ3v) is 6.16. The fourth-order valence-electron chi connectivity index (χ4n) is 4.42. The van der Waals surface area contributed by atoms with Crippen LogP contribution in [0.2, 0.25) is 0 Å². The minimum absolute atomic E-state index is 0.135. The Bertz CT molecular complexity index is 1510. The summed E-state index contributed by atoms with van der Waals surface area (Å²) in [5.41, 5.74) is 4.47. The fraction of sp³-hybridized carbons (Fsp3) is 0.200. The standard InChI is InChI=1S/C25H21FN6O2/c26-20-14-23(33)16(12-22-25-28-4-6-32(25)5-3-27-22)11-19(20)24-18-2-1-17(13-21(18)29-15-30-24)31-7-9-34-10-8-31/h1-6,11,13-15,33H,7-10,12H2. The largest absolute Gasteiger partial charge is 0.508 e. The second-order valence-electron chi connectivity index (χ2n) is 8.19. The molecule has 34 heavy (non-hydrogen) atoms. The number of halogens is 1. The first-order chi connectivity index (χ1) is 16.7. The van der Waals surface area contributed by atoms with E-state index in [0.29, 0.717) is 47.8 Å². The van der Waals surface area contributed by atoms with E-state index in [1.54, 1.807) is 24.7 Å². The van der Waals surface area contributed by atoms with Gasteiger partial charge < -0.3 is 19.1 Å². The summed E-state index contributed by atoms with van der Waals surface area (Å²) in [6.07, 6.45) is 8.74. The normalized spacial score (nSPS) is 14.2. The molecule has 0 radical (unpaired) electrons. The van der Waals surface area contributed by atoms with Crippen molar-refractivity contribution in [3.8, 4) is 17.0 Å². The quantitative estimate of drug-likeness (QED) is 0.442. The van der Waals surface area contributed by atoms with Crippen LogP contribution in [0.25, 0.3) is 27.8 Å². The van der Waals surface area contributed by atoms with Crippen molar-refractivity contribution < 1.29 is 14.2 Å². The average Bonchev–Trinajstić information content (AvgIpc) is 3.36. The van der Waals surface area contributed by atoms with Crippen LogP contribution in [-0.2, 0) is 11.2 Å². The van der Waals surface area contributed by atoms with Gasteiger partial charge in [0.05, 0.1) is 30.1 Å². The van der Waals surface area contributed by atoms with E-state index in [-0.39, 0.29) is 5.75 Å². The summed E-state index contributed by atoms with van der Waals surface area (Å²) in [6.45, 7) is 3.01. The molecule has 5 aromatic rings. The lowest BCUT2D eigenvalue weighted by atomic mass is 10.00. The summed E-state index contributed by atoms with van der Waals surface area (Å²) in [5, 5.41) is 11.2. The fourth-order valence-corrected chi connectivity index (χ4v) is 4.42. The zero-order chi connectivity index (χ0) is 23.1. The van der Waals surface area contributed by atoms with E-state index in [4.69, 9.17) is 4.74 Å². The molecule has 6 rings (SSSR count). The van der Waals surface area contributed by atoms with Crippen molar-refractivity contribution in [1.82, 2.24) is 24.3 Å². The van der Waals surface area contributed by atoms with Crippen LogP contribution in [0.5, 0.6) is 5.75 Å². The highest BCUT2D eigenvalue weighted by Gasteiger charge is 2.18. The monoisotopic (exact) mass is 456 g/mol. The topological polar surface area (TPSA) is 88.7 Å². The molecule has 9 heteroatoms. The number of fused-ring (bicyclic) bond motifs is 2. The van der Waals surface area contributed by atoms with Crippen LogP contribution < -0.4 is 4.90 Å². The van der Waals surface area contributed by atoms with Crippen molar-refractivity contribution in [3.63, 3.8) is 0 Å². The predicted molar refractivity (Wildman–Crippen MR) is 125 cm³/mol. The number of phenolic OH excluding ortho intramolecular Hbond substituents is 1. The molecule has 1 aliphatic heterocycles. The number of anilines is 1. The summed E-state index contributed by atoms with van der Waals surface area (Å²) < 4.78 is 22.4. The number of ether oxygens (including phenoxy) is 1. The second-order valence-corrected chi connectivity index (χ2v) is 8.19. The van der Waals surface area contributed by atoms with Crippen molar-refractivity contribution in [1.29, 1.82) is 0 Å². The van der Waals surface area contributed by atoms with Crippen LogP contribution in [0.15, 0.2) is 61.4 Å². The van der Waals surface area contributed by atoms with E-state index in [1.807, 2.05) is 28.8 Å². The third kappa shape index (κ3) is 3.60. The van der Waals surface area contributed by atoms with Crippen LogP contribution in [0, 0.1) is 5.82 Å². The molecule has 0 aliphatic carbocycles. The van der Waals surface area contributed by atoms with Gasteiger partial charge in [-0.25, -0.2) is 19.3 Å². The average molecular weight is 456 g/mol. The minimum atomic E-state index is -0.550. The Balaban J connectivity index is 1.42. The predicted octanol–water partition coefficient (Wildman–Crippen LogP) is 3.61. The molecular formula is C25H21FN6O2. The van der Waals surface area contributed by atoms with Gasteiger partial charge in [0, 0.05) is 72.6 Å². The molecule has 0 saturated carbocycles. The van der Waals surface area contributed by atoms with Crippen molar-refractivity contribution in [2.45, 2.75) is 6.42 Å². The lowest BCUT2D eigenvalue weighted by Gasteiger charge is -2.29. The Labute approximate surface area is 194 Å². The van der Waals surface area contributed by atoms with Gasteiger partial charge in [0.2, 0.25) is 0 Å². The molecule has 1 saturated heterocycles. The van der Waals surface area contributed by atoms with E-state index in [0.717, 1.165) is 35.7 Å². The molecule has 3 aromatic heterocycles. The molecule has 8 nitrogen and oxygen atoms in total. The lowest BCUT2D eigenvalue weighted by Crippen LogP contribution is -2.36. The second kappa shape index (κ2) is 8.35. The SMILES string of the molecule is Oc1cc(F)c(-c2ncnc3cc(N4CCOCC4)ccc23)cc1Cc1nccn2ccnc12. The highest BCUT2D eigenvalue weighted by atomic mass is 19.1. The van der Waals surface area contributed by atoms with Crippen molar-refractivity contribution >= 4 is 22.2 Å². The molecule has 2 aromatic carbocycles. The number of rotatable bonds is 4. The first-order valence-electron chi connectivity index (χ1n) is 11.0. The van der Waals surface area contributed by atoms with Gasteiger partial charge in [-0.05, 0) is 24.3 Å². The van der Waals surface area contributed by atoms with E-state index in [2.05, 4.69) is 24.8 Å². The van der Waals surface area contributed by atoms with Gasteiger partial charge in [-0.15, -0.1) is 0 Å². The van der Waals surface area contributed by atoms with Crippen LogP contribution in [0.1, 0.15) is 11.3 Å². The highest BCUT2D eigenvalue weighted by molar-refractivity contribution is 5.94. The van der Waals surface area contributed by atoms with Crippen LogP contribution in [-0.4, -0.2) is 55.7 Å². The van der Waals surface area contributed by atoms with Crippen molar-refractivity contribution in [3.05, 3.63) is 78.5 Å². The van der Waals surface area contributed by atoms with Gasteiger partial charge in [0.25, 0.3) is 0 Å². The summed E-state index contributed by atoms with van der Waals surface area (Å²) in [5.74, 6) is -0.685. The Morgan fingerprint density at radius 1 is 0.971 bits per heavy atom. The van der Waals surface area contributed by atoms with Crippen LogP contribution in [0.3, 0.4) is 0 Å². The number of hydrogen-bond acceptors (Lipinski definition) is 7. The molecule has 0 unspecified atom stereocenters. The number of imidazole rings is 1. The Morgan fingerprint density at radius 3 is 2.65 bits per heavy atom. The van der Waals surface area contributed by atoms with Crippen molar-refractivity contribution in [2.24, 2.45) is 0 Å². The molecule has 0 atom stereocenters. The Morgan fingerprint density at radius 2 is 1.79 bits per heavy atom. The van der Waals surface area contributed by atoms with Crippen LogP contribution >= 0.6 is 0 Å². The number of hydrogen-bond donors (Lipinski definition) is 1. The molecule has 0 spiro atoms. The van der Waals surface area contributed by atoms with Gasteiger partial charge in [-0.3, -0.25) is 4.98 Å². The zero-order valence-corrected chi connectivity index (χ0v) is 18.2. The molecular weight excluding hydrogens is 435 g/mol. The van der Waals surface area contributed by atoms with E-state index >= 15 is 4.39 Å². The summed E-state index contributed by atoms with van der Waals surface area (Å²) in [4.78, 5) is 19.8. The number of aromatic hydroxyl groups is 1. The summed E-state index contributed by atoms with van der Waals surface area (Å²) in [7, 11) is 0. The van der Waals surface area contributed by atoms with E-state index < -0.39 is 5.82 Å². The first kappa shape index (κ1) is 20.5. The number of benzene rings is 2. The summed E-state index contributed by atoms with van der Waals surface area (Å²) >= 11 is 0. The molecule has 0 bridgehead atoms. The number of aromatic nitrogens is 5. The van der Waals surface area contributed by atoms with Gasteiger partial charge in [0.1, 0.15) is 17.9 Å². The Kier molecular flexibility index (Phi) is 5.03. The summed E-state index contributed by atoms with van der Waals surface area (Å²) in [6, 6.07) is 8.69. The third-order valence-electron chi connectivity index (χ3n) is 6.16. The lowest BCUT2D eigenvalue weighted by molar-refractivity contribution is 0.122. The van der Waals surface area contributed by atoms with Crippen molar-refractivity contribution in [2.75, 3.05) is 31.2 Å². The van der Waals surface area contributed by atoms with Gasteiger partial charge in [-0.2, -0.15) is 0 Å². The molecule has 4 heterocycles. The molecule has 170 valence electrons. The Hall–Kier alpha value is -4.11. The number of nitrogens with zero attached hydrogens (tertiary/aromatic N) is 6. The molecule has 1 fully saturated rings. The first-order valence-corrected chi connectivity index (χ1v) is 11.0. The zero-order valence-electron chi connectivity index (χ0n) is 18.2. The maximum absolute atomic E-state index is 15.1. The number of morpholine rings is 1. The molecule has 0 amide bonds. The smallest absolute Gasteiger partial charge is 0.158 e. The maximum atomic E-state index is 15.1. The molecule has 1 aliphatic rings. The van der Waals surface area contributed by atoms with Gasteiger partial charge in [-0.1, -0.05) is 0 Å². The van der Waals surface area contributed by atoms with Gasteiger partial charge in [0.15, 0.2) is 5.65 Å². The number of phenols is 1. The van der Waals surface area contributed by atoms with Gasteiger partial charge >= 0.3 is 0 Å². The van der Waals surface area contributed by atoms with E-state index in [9.17, 15) is 5.11 Å². The van der Waals surface area contributed by atoms with E-state index in [1.165, 1.54) is 6.33 Å².